The zero-order valence-electron chi connectivity index (χ0n) is 20.1. The van der Waals surface area contributed by atoms with Gasteiger partial charge in [-0.25, -0.2) is 4.98 Å². The van der Waals surface area contributed by atoms with Crippen LogP contribution in [0.4, 0.5) is 17.2 Å². The van der Waals surface area contributed by atoms with E-state index in [0.29, 0.717) is 11.3 Å². The van der Waals surface area contributed by atoms with Gasteiger partial charge in [-0.2, -0.15) is 4.98 Å². The number of rotatable bonds is 9. The van der Waals surface area contributed by atoms with E-state index >= 15 is 0 Å². The van der Waals surface area contributed by atoms with Crippen molar-refractivity contribution in [1.29, 1.82) is 0 Å². The Morgan fingerprint density at radius 3 is 2.46 bits per heavy atom. The quantitative estimate of drug-likeness (QED) is 0.197. The van der Waals surface area contributed by atoms with Crippen molar-refractivity contribution in [2.75, 3.05) is 17.7 Å². The zero-order chi connectivity index (χ0) is 27.0. The molecule has 0 atom stereocenters. The Labute approximate surface area is 210 Å². The molecule has 1 fully saturated rings. The number of aromatic nitrogens is 3. The summed E-state index contributed by atoms with van der Waals surface area (Å²) in [4.78, 5) is 33.1. The summed E-state index contributed by atoms with van der Waals surface area (Å²) < 4.78 is 10.9. The van der Waals surface area contributed by atoms with Crippen molar-refractivity contribution in [1.82, 2.24) is 20.4 Å². The number of nitrogens with zero attached hydrogens (tertiary/aromatic N) is 3. The molecule has 1 aliphatic carbocycles. The minimum absolute atomic E-state index is 0.0625. The third kappa shape index (κ3) is 6.18. The number of ether oxygens (including phenoxy) is 1. The van der Waals surface area contributed by atoms with Gasteiger partial charge in [0, 0.05) is 18.2 Å². The van der Waals surface area contributed by atoms with E-state index < -0.39 is 17.6 Å². The lowest BCUT2D eigenvalue weighted by Crippen LogP contribution is -2.48. The fourth-order valence-corrected chi connectivity index (χ4v) is 3.35. The maximum Gasteiger partial charge on any atom is 0.369 e. The van der Waals surface area contributed by atoms with Crippen molar-refractivity contribution in [2.24, 2.45) is 5.92 Å². The molecule has 0 unspecified atom stereocenters. The van der Waals surface area contributed by atoms with Gasteiger partial charge in [-0.05, 0) is 38.8 Å². The van der Waals surface area contributed by atoms with Crippen LogP contribution in [0.3, 0.4) is 0 Å². The SMILES string of the molecule is COc1c(Nc2cc(NC(=O)C3CC3)ncc2C(=O)NC(O)(O)O)cccc1-c1nc(C(C)(C)O)no1. The van der Waals surface area contributed by atoms with Crippen molar-refractivity contribution >= 4 is 29.0 Å². The molecule has 1 aromatic carbocycles. The molecule has 1 aliphatic rings. The second-order valence-corrected chi connectivity index (χ2v) is 8.96. The smallest absolute Gasteiger partial charge is 0.369 e. The molecule has 0 radical (unpaired) electrons. The molecule has 4 rings (SSSR count). The van der Waals surface area contributed by atoms with Crippen LogP contribution in [-0.2, 0) is 10.4 Å². The molecule has 0 spiro atoms. The van der Waals surface area contributed by atoms with Gasteiger partial charge in [0.2, 0.25) is 11.7 Å². The number of pyridine rings is 1. The van der Waals surface area contributed by atoms with E-state index in [1.54, 1.807) is 23.5 Å². The highest BCUT2D eigenvalue weighted by molar-refractivity contribution is 6.02. The monoisotopic (exact) mass is 514 g/mol. The maximum atomic E-state index is 12.6. The van der Waals surface area contributed by atoms with E-state index in [1.807, 2.05) is 0 Å². The van der Waals surface area contributed by atoms with Gasteiger partial charge >= 0.3 is 6.10 Å². The number of methoxy groups -OCH3 is 1. The summed E-state index contributed by atoms with van der Waals surface area (Å²) in [6.45, 7) is 3.01. The van der Waals surface area contributed by atoms with Gasteiger partial charge in [-0.1, -0.05) is 11.2 Å². The second kappa shape index (κ2) is 9.74. The molecule has 14 nitrogen and oxygen atoms in total. The number of benzene rings is 1. The molecule has 2 aromatic heterocycles. The van der Waals surface area contributed by atoms with Crippen molar-refractivity contribution in [2.45, 2.75) is 38.4 Å². The van der Waals surface area contributed by atoms with Crippen LogP contribution in [0.1, 0.15) is 42.9 Å². The summed E-state index contributed by atoms with van der Waals surface area (Å²) in [7, 11) is 1.40. The number of anilines is 3. The van der Waals surface area contributed by atoms with Gasteiger partial charge < -0.3 is 40.3 Å². The molecular formula is C23H26N6O8. The number of para-hydroxylation sites is 1. The fourth-order valence-electron chi connectivity index (χ4n) is 3.35. The molecule has 3 aromatic rings. The van der Waals surface area contributed by atoms with E-state index in [2.05, 4.69) is 25.8 Å². The molecule has 0 aliphatic heterocycles. The van der Waals surface area contributed by atoms with Crippen LogP contribution in [-0.4, -0.2) is 60.6 Å². The first-order valence-corrected chi connectivity index (χ1v) is 11.2. The predicted molar refractivity (Wildman–Crippen MR) is 127 cm³/mol. The topological polar surface area (TPSA) is 212 Å². The Balaban J connectivity index is 1.72. The van der Waals surface area contributed by atoms with Crippen LogP contribution in [0, 0.1) is 5.92 Å². The van der Waals surface area contributed by atoms with Crippen LogP contribution in [0.15, 0.2) is 35.0 Å². The Morgan fingerprint density at radius 2 is 1.86 bits per heavy atom. The predicted octanol–water partition coefficient (Wildman–Crippen LogP) is 0.778. The van der Waals surface area contributed by atoms with Crippen LogP contribution in [0.2, 0.25) is 0 Å². The van der Waals surface area contributed by atoms with Crippen LogP contribution >= 0.6 is 0 Å². The molecule has 7 N–H and O–H groups in total. The van der Waals surface area contributed by atoms with E-state index in [4.69, 9.17) is 9.26 Å². The summed E-state index contributed by atoms with van der Waals surface area (Å²) in [5, 5.41) is 48.8. The van der Waals surface area contributed by atoms with Gasteiger partial charge in [-0.15, -0.1) is 0 Å². The highest BCUT2D eigenvalue weighted by Crippen LogP contribution is 2.38. The van der Waals surface area contributed by atoms with E-state index in [-0.39, 0.29) is 46.4 Å². The van der Waals surface area contributed by atoms with Crippen LogP contribution in [0.25, 0.3) is 11.5 Å². The standard InChI is InChI=1S/C23H26N6O8/c1-22(2,32)21-27-20(37-29-21)12-5-4-6-14(17(12)36-3)25-15-9-16(26-18(30)11-7-8-11)24-10-13(15)19(31)28-23(33,34)35/h4-6,9-11,32-35H,7-8H2,1-3H3,(H,28,31)(H2,24,25,26,30). The third-order valence-corrected chi connectivity index (χ3v) is 5.32. The Kier molecular flexibility index (Phi) is 6.84. The summed E-state index contributed by atoms with van der Waals surface area (Å²) in [6.07, 6.45) is -0.827. The van der Waals surface area contributed by atoms with Crippen molar-refractivity contribution in [3.8, 4) is 17.2 Å². The van der Waals surface area contributed by atoms with Crippen LogP contribution < -0.4 is 20.7 Å². The van der Waals surface area contributed by atoms with E-state index in [1.165, 1.54) is 27.0 Å². The number of hydrogen-bond acceptors (Lipinski definition) is 12. The average Bonchev–Trinajstić information content (AvgIpc) is 3.53. The lowest BCUT2D eigenvalue weighted by Gasteiger charge is -2.19. The first-order chi connectivity index (χ1) is 17.4. The molecule has 2 heterocycles. The molecule has 0 saturated heterocycles. The first-order valence-electron chi connectivity index (χ1n) is 11.2. The molecule has 1 saturated carbocycles. The summed E-state index contributed by atoms with van der Waals surface area (Å²) in [5.74, 6) is -0.887. The number of aliphatic hydroxyl groups is 4. The lowest BCUT2D eigenvalue weighted by atomic mass is 10.1. The van der Waals surface area contributed by atoms with Crippen molar-refractivity contribution < 1.29 is 39.3 Å². The van der Waals surface area contributed by atoms with Gasteiger partial charge in [0.05, 0.1) is 29.6 Å². The summed E-state index contributed by atoms with van der Waals surface area (Å²) in [6, 6.07) is 6.28. The third-order valence-electron chi connectivity index (χ3n) is 5.32. The Morgan fingerprint density at radius 1 is 1.14 bits per heavy atom. The number of amides is 2. The molecule has 2 amide bonds. The molecular weight excluding hydrogens is 488 g/mol. The van der Waals surface area contributed by atoms with Crippen molar-refractivity contribution in [3.63, 3.8) is 0 Å². The Hall–Kier alpha value is -4.11. The summed E-state index contributed by atoms with van der Waals surface area (Å²) >= 11 is 0. The first kappa shape index (κ1) is 26.0. The average molecular weight is 514 g/mol. The maximum absolute atomic E-state index is 12.6. The minimum Gasteiger partial charge on any atom is -0.494 e. The number of carbonyl (C=O) groups excluding carboxylic acids is 2. The highest BCUT2D eigenvalue weighted by Gasteiger charge is 2.31. The highest BCUT2D eigenvalue weighted by atomic mass is 16.7. The number of hydrogen-bond donors (Lipinski definition) is 7. The van der Waals surface area contributed by atoms with E-state index in [9.17, 15) is 30.0 Å². The van der Waals surface area contributed by atoms with Gasteiger partial charge in [0.25, 0.3) is 11.8 Å². The summed E-state index contributed by atoms with van der Waals surface area (Å²) in [5.41, 5.74) is -0.752. The molecule has 196 valence electrons. The van der Waals surface area contributed by atoms with E-state index in [0.717, 1.165) is 19.0 Å². The molecule has 14 heteroatoms. The largest absolute Gasteiger partial charge is 0.494 e. The fraction of sp³-hybridized carbons (Fsp3) is 0.348. The molecule has 0 bridgehead atoms. The number of nitrogens with one attached hydrogen (secondary N) is 3. The Bertz CT molecular complexity index is 1320. The normalized spacial score (nSPS) is 13.7. The van der Waals surface area contributed by atoms with Gasteiger partial charge in [0.15, 0.2) is 5.75 Å². The zero-order valence-corrected chi connectivity index (χ0v) is 20.1. The van der Waals surface area contributed by atoms with Crippen molar-refractivity contribution in [3.05, 3.63) is 41.9 Å². The van der Waals surface area contributed by atoms with Crippen LogP contribution in [0.5, 0.6) is 5.75 Å². The molecule has 37 heavy (non-hydrogen) atoms. The second-order valence-electron chi connectivity index (χ2n) is 8.96. The lowest BCUT2D eigenvalue weighted by molar-refractivity contribution is -0.323. The number of carbonyl (C=O) groups is 2. The minimum atomic E-state index is -3.47. The van der Waals surface area contributed by atoms with Gasteiger partial charge in [0.1, 0.15) is 11.4 Å². The van der Waals surface area contributed by atoms with Gasteiger partial charge in [-0.3, -0.25) is 14.9 Å².